The highest BCUT2D eigenvalue weighted by molar-refractivity contribution is 5.19. The van der Waals surface area contributed by atoms with E-state index in [0.29, 0.717) is 6.04 Å². The van der Waals surface area contributed by atoms with Crippen LogP contribution in [0.15, 0.2) is 30.3 Å². The molecule has 1 saturated heterocycles. The van der Waals surface area contributed by atoms with Crippen LogP contribution in [0.2, 0.25) is 0 Å². The number of hydrogen-bond donors (Lipinski definition) is 1. The molecule has 1 aliphatic heterocycles. The van der Waals surface area contributed by atoms with Crippen LogP contribution in [0.25, 0.3) is 0 Å². The van der Waals surface area contributed by atoms with Crippen LogP contribution in [0.3, 0.4) is 0 Å². The molecule has 0 aromatic heterocycles. The molecule has 0 radical (unpaired) electrons. The summed E-state index contributed by atoms with van der Waals surface area (Å²) in [6.45, 7) is 9.41. The van der Waals surface area contributed by atoms with Gasteiger partial charge in [-0.2, -0.15) is 0 Å². The van der Waals surface area contributed by atoms with E-state index in [9.17, 15) is 0 Å². The summed E-state index contributed by atoms with van der Waals surface area (Å²) < 4.78 is 0. The quantitative estimate of drug-likeness (QED) is 0.812. The Kier molecular flexibility index (Phi) is 6.55. The molecule has 0 saturated carbocycles. The highest BCUT2D eigenvalue weighted by Crippen LogP contribution is 2.17. The maximum absolute atomic E-state index is 3.77. The van der Waals surface area contributed by atoms with Crippen molar-refractivity contribution < 1.29 is 0 Å². The van der Waals surface area contributed by atoms with E-state index in [1.165, 1.54) is 44.3 Å². The molecular formula is C18H30N2. The Morgan fingerprint density at radius 3 is 2.40 bits per heavy atom. The molecule has 1 aromatic carbocycles. The van der Waals surface area contributed by atoms with Gasteiger partial charge in [0.05, 0.1) is 0 Å². The number of nitrogens with one attached hydrogen (secondary N) is 1. The maximum atomic E-state index is 3.77. The van der Waals surface area contributed by atoms with Gasteiger partial charge in [0.25, 0.3) is 0 Å². The van der Waals surface area contributed by atoms with Crippen molar-refractivity contribution in [1.29, 1.82) is 0 Å². The zero-order valence-electron chi connectivity index (χ0n) is 13.1. The number of benzene rings is 1. The molecule has 112 valence electrons. The Bertz CT molecular complexity index is 355. The van der Waals surface area contributed by atoms with Crippen molar-refractivity contribution in [1.82, 2.24) is 10.2 Å². The lowest BCUT2D eigenvalue weighted by Crippen LogP contribution is -2.38. The zero-order valence-corrected chi connectivity index (χ0v) is 13.1. The summed E-state index contributed by atoms with van der Waals surface area (Å²) in [5, 5.41) is 3.77. The summed E-state index contributed by atoms with van der Waals surface area (Å²) in [5.74, 6) is 0.772. The predicted molar refractivity (Wildman–Crippen MR) is 86.9 cm³/mol. The monoisotopic (exact) mass is 274 g/mol. The normalized spacial score (nSPS) is 18.4. The Morgan fingerprint density at radius 1 is 1.05 bits per heavy atom. The molecule has 2 nitrogen and oxygen atoms in total. The molecule has 1 heterocycles. The predicted octanol–water partition coefficient (Wildman–Crippen LogP) is 3.85. The van der Waals surface area contributed by atoms with Gasteiger partial charge < -0.3 is 10.2 Å². The van der Waals surface area contributed by atoms with E-state index in [-0.39, 0.29) is 0 Å². The summed E-state index contributed by atoms with van der Waals surface area (Å²) in [7, 11) is 0. The van der Waals surface area contributed by atoms with Crippen LogP contribution < -0.4 is 5.32 Å². The summed E-state index contributed by atoms with van der Waals surface area (Å²) in [6.07, 6.45) is 5.40. The van der Waals surface area contributed by atoms with E-state index in [0.717, 1.165) is 19.0 Å². The number of likely N-dealkylation sites (tertiary alicyclic amines) is 1. The average Bonchev–Trinajstić information content (AvgIpc) is 2.48. The van der Waals surface area contributed by atoms with Gasteiger partial charge in [0.15, 0.2) is 0 Å². The molecule has 1 N–H and O–H groups in total. The van der Waals surface area contributed by atoms with E-state index in [1.807, 2.05) is 0 Å². The van der Waals surface area contributed by atoms with Crippen LogP contribution in [0, 0.1) is 5.92 Å². The van der Waals surface area contributed by atoms with E-state index >= 15 is 0 Å². The van der Waals surface area contributed by atoms with Crippen LogP contribution in [0.1, 0.15) is 51.1 Å². The molecule has 2 rings (SSSR count). The van der Waals surface area contributed by atoms with Crippen molar-refractivity contribution in [3.8, 4) is 0 Å². The molecule has 1 fully saturated rings. The fourth-order valence-corrected chi connectivity index (χ4v) is 2.92. The van der Waals surface area contributed by atoms with E-state index < -0.39 is 0 Å². The zero-order chi connectivity index (χ0) is 14.2. The minimum atomic E-state index is 0.480. The van der Waals surface area contributed by atoms with Gasteiger partial charge in [-0.05, 0) is 50.4 Å². The number of hydrogen-bond acceptors (Lipinski definition) is 2. The number of nitrogens with zero attached hydrogens (tertiary/aromatic N) is 1. The van der Waals surface area contributed by atoms with Crippen LogP contribution in [-0.2, 0) is 0 Å². The van der Waals surface area contributed by atoms with Crippen LogP contribution >= 0.6 is 0 Å². The molecule has 1 aliphatic rings. The van der Waals surface area contributed by atoms with Gasteiger partial charge in [0.1, 0.15) is 0 Å². The van der Waals surface area contributed by atoms with Crippen LogP contribution in [0.4, 0.5) is 0 Å². The molecule has 0 aliphatic carbocycles. The first kappa shape index (κ1) is 15.5. The summed E-state index contributed by atoms with van der Waals surface area (Å²) in [4.78, 5) is 2.63. The first-order valence-corrected chi connectivity index (χ1v) is 8.26. The van der Waals surface area contributed by atoms with Gasteiger partial charge in [-0.25, -0.2) is 0 Å². The molecule has 20 heavy (non-hydrogen) atoms. The largest absolute Gasteiger partial charge is 0.309 e. The first-order valence-electron chi connectivity index (χ1n) is 8.26. The second-order valence-electron chi connectivity index (χ2n) is 6.46. The van der Waals surface area contributed by atoms with Crippen molar-refractivity contribution in [2.24, 2.45) is 5.92 Å². The molecule has 1 atom stereocenters. The third-order valence-corrected chi connectivity index (χ3v) is 4.20. The first-order chi connectivity index (χ1) is 9.75. The highest BCUT2D eigenvalue weighted by atomic mass is 15.2. The SMILES string of the molecule is CC(C)CCN[C@@H](CN1CCCCC1)c1ccccc1. The van der Waals surface area contributed by atoms with E-state index in [2.05, 4.69) is 54.4 Å². The topological polar surface area (TPSA) is 15.3 Å². The minimum absolute atomic E-state index is 0.480. The highest BCUT2D eigenvalue weighted by Gasteiger charge is 2.17. The molecule has 2 heteroatoms. The lowest BCUT2D eigenvalue weighted by atomic mass is 10.0. The van der Waals surface area contributed by atoms with Crippen molar-refractivity contribution in [2.45, 2.75) is 45.6 Å². The lowest BCUT2D eigenvalue weighted by molar-refractivity contribution is 0.204. The molecular weight excluding hydrogens is 244 g/mol. The fourth-order valence-electron chi connectivity index (χ4n) is 2.92. The summed E-state index contributed by atoms with van der Waals surface area (Å²) >= 11 is 0. The standard InChI is InChI=1S/C18H30N2/c1-16(2)11-12-19-18(17-9-5-3-6-10-17)15-20-13-7-4-8-14-20/h3,5-6,9-10,16,18-19H,4,7-8,11-15H2,1-2H3/t18-/m0/s1. The fraction of sp³-hybridized carbons (Fsp3) is 0.667. The van der Waals surface area contributed by atoms with Crippen molar-refractivity contribution in [2.75, 3.05) is 26.2 Å². The van der Waals surface area contributed by atoms with E-state index in [4.69, 9.17) is 0 Å². The maximum Gasteiger partial charge on any atom is 0.0449 e. The number of rotatable bonds is 7. The van der Waals surface area contributed by atoms with Gasteiger partial charge in [-0.1, -0.05) is 50.6 Å². The molecule has 0 bridgehead atoms. The Labute approximate surface area is 124 Å². The van der Waals surface area contributed by atoms with Gasteiger partial charge in [-0.15, -0.1) is 0 Å². The van der Waals surface area contributed by atoms with Crippen molar-refractivity contribution >= 4 is 0 Å². The van der Waals surface area contributed by atoms with Gasteiger partial charge in [0, 0.05) is 12.6 Å². The molecule has 1 aromatic rings. The molecule has 0 amide bonds. The second kappa shape index (κ2) is 8.43. The summed E-state index contributed by atoms with van der Waals surface area (Å²) in [6, 6.07) is 11.4. The van der Waals surface area contributed by atoms with Crippen molar-refractivity contribution in [3.05, 3.63) is 35.9 Å². The summed E-state index contributed by atoms with van der Waals surface area (Å²) in [5.41, 5.74) is 1.43. The Hall–Kier alpha value is -0.860. The van der Waals surface area contributed by atoms with Gasteiger partial charge in [0.2, 0.25) is 0 Å². The average molecular weight is 274 g/mol. The van der Waals surface area contributed by atoms with Crippen LogP contribution in [-0.4, -0.2) is 31.1 Å². The smallest absolute Gasteiger partial charge is 0.0449 e. The third-order valence-electron chi connectivity index (χ3n) is 4.20. The van der Waals surface area contributed by atoms with Gasteiger partial charge in [-0.3, -0.25) is 0 Å². The van der Waals surface area contributed by atoms with Crippen LogP contribution in [0.5, 0.6) is 0 Å². The molecule has 0 spiro atoms. The van der Waals surface area contributed by atoms with Crippen molar-refractivity contribution in [3.63, 3.8) is 0 Å². The minimum Gasteiger partial charge on any atom is -0.309 e. The Balaban J connectivity index is 1.92. The van der Waals surface area contributed by atoms with Gasteiger partial charge >= 0.3 is 0 Å². The number of piperidine rings is 1. The third kappa shape index (κ3) is 5.26. The second-order valence-corrected chi connectivity index (χ2v) is 6.46. The van der Waals surface area contributed by atoms with E-state index in [1.54, 1.807) is 0 Å². The lowest BCUT2D eigenvalue weighted by Gasteiger charge is -2.31. The Morgan fingerprint density at radius 2 is 1.75 bits per heavy atom. The molecule has 0 unspecified atom stereocenters.